The summed E-state index contributed by atoms with van der Waals surface area (Å²) in [5.74, 6) is -2.68. The summed E-state index contributed by atoms with van der Waals surface area (Å²) >= 11 is 0. The highest BCUT2D eigenvalue weighted by atomic mass is 16.7. The van der Waals surface area contributed by atoms with Crippen LogP contribution in [-0.4, -0.2) is 75.9 Å². The van der Waals surface area contributed by atoms with Crippen molar-refractivity contribution in [3.05, 3.63) is 35.9 Å². The summed E-state index contributed by atoms with van der Waals surface area (Å²) in [4.78, 5) is 1.49. The lowest BCUT2D eigenvalue weighted by Gasteiger charge is -2.39. The van der Waals surface area contributed by atoms with Crippen LogP contribution in [0.1, 0.15) is 37.7 Å². The molecule has 0 spiro atoms. The molecule has 1 atom stereocenters. The zero-order valence-corrected chi connectivity index (χ0v) is 15.8. The molecule has 1 aromatic rings. The second kappa shape index (κ2) is 10.5. The molecule has 1 aliphatic carbocycles. The molecule has 0 saturated heterocycles. The molecule has 0 radical (unpaired) electrons. The van der Waals surface area contributed by atoms with Gasteiger partial charge in [0.2, 0.25) is 0 Å². The van der Waals surface area contributed by atoms with Crippen LogP contribution in [0.4, 0.5) is 0 Å². The minimum atomic E-state index is -2.82. The SMILES string of the molecule is OCCN(CCOCC(O)(c1ccccc1)C1CCCCC1)CC(O)(O)O. The van der Waals surface area contributed by atoms with Gasteiger partial charge < -0.3 is 30.3 Å². The molecule has 1 fully saturated rings. The van der Waals surface area contributed by atoms with E-state index in [1.54, 1.807) is 0 Å². The Labute approximate surface area is 160 Å². The highest BCUT2D eigenvalue weighted by molar-refractivity contribution is 5.23. The van der Waals surface area contributed by atoms with E-state index in [-0.39, 0.29) is 32.3 Å². The van der Waals surface area contributed by atoms with E-state index in [1.807, 2.05) is 30.3 Å². The third-order valence-corrected chi connectivity index (χ3v) is 5.28. The van der Waals surface area contributed by atoms with Crippen LogP contribution in [0.5, 0.6) is 0 Å². The number of rotatable bonds is 11. The Kier molecular flexibility index (Phi) is 8.62. The smallest absolute Gasteiger partial charge is 0.288 e. The summed E-state index contributed by atoms with van der Waals surface area (Å²) in [7, 11) is 0. The highest BCUT2D eigenvalue weighted by Crippen LogP contribution is 2.39. The fourth-order valence-electron chi connectivity index (χ4n) is 3.88. The zero-order valence-electron chi connectivity index (χ0n) is 15.8. The van der Waals surface area contributed by atoms with Gasteiger partial charge in [-0.3, -0.25) is 4.90 Å². The van der Waals surface area contributed by atoms with Gasteiger partial charge in [-0.15, -0.1) is 0 Å². The van der Waals surface area contributed by atoms with E-state index < -0.39 is 18.1 Å². The molecule has 7 heteroatoms. The largest absolute Gasteiger partial charge is 0.395 e. The number of aliphatic hydroxyl groups is 5. The average Bonchev–Trinajstić information content (AvgIpc) is 2.65. The first-order valence-electron chi connectivity index (χ1n) is 9.71. The van der Waals surface area contributed by atoms with Crippen molar-refractivity contribution in [1.82, 2.24) is 4.90 Å². The third kappa shape index (κ3) is 7.12. The molecule has 27 heavy (non-hydrogen) atoms. The molecule has 0 aliphatic heterocycles. The van der Waals surface area contributed by atoms with Gasteiger partial charge in [0.05, 0.1) is 26.4 Å². The fourth-order valence-corrected chi connectivity index (χ4v) is 3.88. The molecule has 0 heterocycles. The van der Waals surface area contributed by atoms with Gasteiger partial charge in [0, 0.05) is 13.1 Å². The number of nitrogens with zero attached hydrogens (tertiary/aromatic N) is 1. The van der Waals surface area contributed by atoms with Crippen LogP contribution in [0.2, 0.25) is 0 Å². The number of hydrogen-bond acceptors (Lipinski definition) is 7. The molecule has 154 valence electrons. The number of hydrogen-bond donors (Lipinski definition) is 5. The molecule has 7 nitrogen and oxygen atoms in total. The molecule has 2 rings (SSSR count). The Morgan fingerprint density at radius 2 is 1.63 bits per heavy atom. The van der Waals surface area contributed by atoms with Gasteiger partial charge in [-0.25, -0.2) is 0 Å². The standard InChI is InChI=1S/C20H33NO6/c22-13-11-21(15-20(24,25)26)12-14-27-16-19(23,17-7-3-1-4-8-17)18-9-5-2-6-10-18/h1,3-4,7-8,18,22-26H,2,5-6,9-16H2. The maximum atomic E-state index is 11.5. The van der Waals surface area contributed by atoms with Crippen LogP contribution in [0.25, 0.3) is 0 Å². The van der Waals surface area contributed by atoms with Crippen molar-refractivity contribution >= 4 is 0 Å². The van der Waals surface area contributed by atoms with E-state index >= 15 is 0 Å². The maximum absolute atomic E-state index is 11.5. The van der Waals surface area contributed by atoms with Gasteiger partial charge in [-0.05, 0) is 24.3 Å². The van der Waals surface area contributed by atoms with Crippen LogP contribution < -0.4 is 0 Å². The van der Waals surface area contributed by atoms with E-state index in [0.717, 1.165) is 31.2 Å². The van der Waals surface area contributed by atoms with Crippen molar-refractivity contribution < 1.29 is 30.3 Å². The molecule has 0 aromatic heterocycles. The highest BCUT2D eigenvalue weighted by Gasteiger charge is 2.39. The van der Waals surface area contributed by atoms with Crippen molar-refractivity contribution in [2.75, 3.05) is 39.5 Å². The van der Waals surface area contributed by atoms with E-state index in [2.05, 4.69) is 0 Å². The van der Waals surface area contributed by atoms with Crippen LogP contribution in [0.3, 0.4) is 0 Å². The van der Waals surface area contributed by atoms with Gasteiger partial charge in [0.15, 0.2) is 0 Å². The van der Waals surface area contributed by atoms with Gasteiger partial charge in [0.1, 0.15) is 5.60 Å². The molecule has 0 amide bonds. The van der Waals surface area contributed by atoms with Crippen molar-refractivity contribution in [2.24, 2.45) is 5.92 Å². The van der Waals surface area contributed by atoms with E-state index in [4.69, 9.17) is 25.2 Å². The molecule has 5 N–H and O–H groups in total. The van der Waals surface area contributed by atoms with Crippen molar-refractivity contribution in [3.63, 3.8) is 0 Å². The molecule has 1 saturated carbocycles. The number of aliphatic hydroxyl groups excluding tert-OH is 1. The second-order valence-electron chi connectivity index (χ2n) is 7.45. The molecule has 1 aromatic carbocycles. The lowest BCUT2D eigenvalue weighted by atomic mass is 9.74. The summed E-state index contributed by atoms with van der Waals surface area (Å²) in [6, 6.07) is 9.59. The maximum Gasteiger partial charge on any atom is 0.288 e. The quantitative estimate of drug-likeness (QED) is 0.278. The molecular formula is C20H33NO6. The Balaban J connectivity index is 1.95. The minimum Gasteiger partial charge on any atom is -0.395 e. The summed E-state index contributed by atoms with van der Waals surface area (Å²) in [5.41, 5.74) is -0.206. The third-order valence-electron chi connectivity index (χ3n) is 5.28. The Bertz CT molecular complexity index is 529. The molecule has 1 unspecified atom stereocenters. The monoisotopic (exact) mass is 383 g/mol. The Hall–Kier alpha value is -1.06. The Morgan fingerprint density at radius 3 is 2.22 bits per heavy atom. The first-order chi connectivity index (χ1) is 12.8. The first-order valence-corrected chi connectivity index (χ1v) is 9.71. The first kappa shape index (κ1) is 22.2. The van der Waals surface area contributed by atoms with Gasteiger partial charge in [0.25, 0.3) is 5.97 Å². The van der Waals surface area contributed by atoms with Gasteiger partial charge >= 0.3 is 0 Å². The van der Waals surface area contributed by atoms with Crippen LogP contribution in [-0.2, 0) is 10.3 Å². The molecule has 1 aliphatic rings. The molecule has 0 bridgehead atoms. The predicted octanol–water partition coefficient (Wildman–Crippen LogP) is 0.396. The van der Waals surface area contributed by atoms with Gasteiger partial charge in [-0.2, -0.15) is 0 Å². The van der Waals surface area contributed by atoms with Crippen LogP contribution in [0, 0.1) is 5.92 Å². The average molecular weight is 383 g/mol. The summed E-state index contributed by atoms with van der Waals surface area (Å²) in [5, 5.41) is 47.9. The van der Waals surface area contributed by atoms with Gasteiger partial charge in [-0.1, -0.05) is 49.6 Å². The van der Waals surface area contributed by atoms with E-state index in [1.165, 1.54) is 11.3 Å². The second-order valence-corrected chi connectivity index (χ2v) is 7.45. The van der Waals surface area contributed by atoms with Crippen LogP contribution in [0.15, 0.2) is 30.3 Å². The lowest BCUT2D eigenvalue weighted by molar-refractivity contribution is -0.317. The van der Waals surface area contributed by atoms with E-state index in [0.29, 0.717) is 6.54 Å². The minimum absolute atomic E-state index is 0.141. The zero-order chi connectivity index (χ0) is 19.8. The van der Waals surface area contributed by atoms with Crippen molar-refractivity contribution in [2.45, 2.75) is 43.7 Å². The Morgan fingerprint density at radius 1 is 0.963 bits per heavy atom. The lowest BCUT2D eigenvalue weighted by Crippen LogP contribution is -2.46. The summed E-state index contributed by atoms with van der Waals surface area (Å²) in [6.07, 6.45) is 5.34. The van der Waals surface area contributed by atoms with Crippen LogP contribution >= 0.6 is 0 Å². The van der Waals surface area contributed by atoms with Crippen molar-refractivity contribution in [3.8, 4) is 0 Å². The summed E-state index contributed by atoms with van der Waals surface area (Å²) < 4.78 is 5.78. The predicted molar refractivity (Wildman–Crippen MR) is 101 cm³/mol. The molecular weight excluding hydrogens is 350 g/mol. The summed E-state index contributed by atoms with van der Waals surface area (Å²) in [6.45, 7) is 0.265. The topological polar surface area (TPSA) is 114 Å². The van der Waals surface area contributed by atoms with E-state index in [9.17, 15) is 5.11 Å². The fraction of sp³-hybridized carbons (Fsp3) is 0.700. The normalized spacial score (nSPS) is 18.6. The number of benzene rings is 1. The van der Waals surface area contributed by atoms with Crippen molar-refractivity contribution in [1.29, 1.82) is 0 Å². The number of ether oxygens (including phenoxy) is 1.